The van der Waals surface area contributed by atoms with Crippen molar-refractivity contribution in [2.75, 3.05) is 19.8 Å². The van der Waals surface area contributed by atoms with Gasteiger partial charge in [-0.1, -0.05) is 24.3 Å². The van der Waals surface area contributed by atoms with Gasteiger partial charge in [0.2, 0.25) is 5.78 Å². The quantitative estimate of drug-likeness (QED) is 0.323. The lowest BCUT2D eigenvalue weighted by Crippen LogP contribution is -2.07. The number of halogens is 2. The van der Waals surface area contributed by atoms with E-state index in [2.05, 4.69) is 4.98 Å². The molecule has 0 atom stereocenters. The standard InChI is InChI=1S/C24H23F2NO5/c1-14-18(25)8-9-19(26)20(14)21-17(24(30)31)13-27-22(21)23(29)16-6-4-15(5-7-16)3-2-11-32-12-10-28/h4-9,13,27-28H,2-3,10-12H2,1H3,(H,30,31). The van der Waals surface area contributed by atoms with Gasteiger partial charge < -0.3 is 19.9 Å². The van der Waals surface area contributed by atoms with Crippen LogP contribution in [0.4, 0.5) is 8.78 Å². The normalized spacial score (nSPS) is 11.0. The predicted molar refractivity (Wildman–Crippen MR) is 114 cm³/mol. The molecule has 32 heavy (non-hydrogen) atoms. The van der Waals surface area contributed by atoms with Gasteiger partial charge in [0.15, 0.2) is 0 Å². The third kappa shape index (κ3) is 4.92. The highest BCUT2D eigenvalue weighted by Crippen LogP contribution is 2.35. The fraction of sp³-hybridized carbons (Fsp3) is 0.250. The number of aliphatic hydroxyl groups excluding tert-OH is 1. The van der Waals surface area contributed by atoms with E-state index in [0.29, 0.717) is 13.0 Å². The first-order valence-electron chi connectivity index (χ1n) is 10.1. The number of rotatable bonds is 10. The van der Waals surface area contributed by atoms with Crippen LogP contribution in [0.25, 0.3) is 11.1 Å². The van der Waals surface area contributed by atoms with Gasteiger partial charge in [0, 0.05) is 29.5 Å². The van der Waals surface area contributed by atoms with E-state index in [1.807, 2.05) is 0 Å². The molecule has 0 bridgehead atoms. The van der Waals surface area contributed by atoms with Gasteiger partial charge in [0.05, 0.1) is 24.5 Å². The van der Waals surface area contributed by atoms with Crippen molar-refractivity contribution in [3.63, 3.8) is 0 Å². The highest BCUT2D eigenvalue weighted by atomic mass is 19.1. The predicted octanol–water partition coefficient (Wildman–Crippen LogP) is 4.14. The Bertz CT molecular complexity index is 1120. The van der Waals surface area contributed by atoms with Crippen molar-refractivity contribution in [3.05, 3.63) is 82.2 Å². The summed E-state index contributed by atoms with van der Waals surface area (Å²) in [6.07, 6.45) is 2.56. The molecule has 3 aromatic rings. The van der Waals surface area contributed by atoms with Crippen LogP contribution in [0.15, 0.2) is 42.6 Å². The number of carbonyl (C=O) groups excluding carboxylic acids is 1. The van der Waals surface area contributed by atoms with Crippen molar-refractivity contribution in [1.29, 1.82) is 0 Å². The molecule has 6 nitrogen and oxygen atoms in total. The van der Waals surface area contributed by atoms with Crippen LogP contribution in [0, 0.1) is 18.6 Å². The number of aliphatic hydroxyl groups is 1. The van der Waals surface area contributed by atoms with Crippen molar-refractivity contribution in [2.24, 2.45) is 0 Å². The molecule has 0 fully saturated rings. The molecule has 2 aromatic carbocycles. The molecule has 0 amide bonds. The third-order valence-electron chi connectivity index (χ3n) is 5.14. The number of ether oxygens (including phenoxy) is 1. The van der Waals surface area contributed by atoms with Crippen LogP contribution in [0.1, 0.15) is 44.0 Å². The second kappa shape index (κ2) is 10.3. The zero-order chi connectivity index (χ0) is 23.3. The van der Waals surface area contributed by atoms with Crippen LogP contribution in [0.5, 0.6) is 0 Å². The number of aromatic carboxylic acids is 1. The largest absolute Gasteiger partial charge is 0.478 e. The molecule has 8 heteroatoms. The minimum absolute atomic E-state index is 0.0276. The maximum atomic E-state index is 14.6. The number of aryl methyl sites for hydroxylation is 1. The van der Waals surface area contributed by atoms with Gasteiger partial charge in [-0.15, -0.1) is 0 Å². The number of carboxylic acids is 1. The summed E-state index contributed by atoms with van der Waals surface area (Å²) < 4.78 is 34.0. The summed E-state index contributed by atoms with van der Waals surface area (Å²) in [4.78, 5) is 27.5. The van der Waals surface area contributed by atoms with Crippen LogP contribution in [-0.4, -0.2) is 46.8 Å². The first-order chi connectivity index (χ1) is 15.3. The van der Waals surface area contributed by atoms with Gasteiger partial charge in [-0.05, 0) is 43.0 Å². The molecule has 0 radical (unpaired) electrons. The third-order valence-corrected chi connectivity index (χ3v) is 5.14. The monoisotopic (exact) mass is 443 g/mol. The number of hydrogen-bond donors (Lipinski definition) is 3. The second-order valence-corrected chi connectivity index (χ2v) is 7.25. The minimum Gasteiger partial charge on any atom is -0.478 e. The molecular weight excluding hydrogens is 420 g/mol. The van der Waals surface area contributed by atoms with Crippen molar-refractivity contribution in [2.45, 2.75) is 19.8 Å². The molecule has 3 rings (SSSR count). The minimum atomic E-state index is -1.36. The molecule has 3 N–H and O–H groups in total. The first-order valence-corrected chi connectivity index (χ1v) is 10.1. The lowest BCUT2D eigenvalue weighted by molar-refractivity contribution is 0.0698. The van der Waals surface area contributed by atoms with Gasteiger partial charge in [0.1, 0.15) is 11.6 Å². The van der Waals surface area contributed by atoms with Gasteiger partial charge in [0.25, 0.3) is 0 Å². The zero-order valence-corrected chi connectivity index (χ0v) is 17.5. The molecule has 0 aliphatic rings. The number of aromatic amines is 1. The molecule has 0 saturated carbocycles. The lowest BCUT2D eigenvalue weighted by atomic mass is 9.93. The SMILES string of the molecule is Cc1c(F)ccc(F)c1-c1c(C(=O)O)c[nH]c1C(=O)c1ccc(CCCOCCO)cc1. The van der Waals surface area contributed by atoms with E-state index in [1.165, 1.54) is 6.92 Å². The van der Waals surface area contributed by atoms with E-state index in [0.717, 1.165) is 30.3 Å². The number of ketones is 1. The van der Waals surface area contributed by atoms with Crippen LogP contribution < -0.4 is 0 Å². The molecule has 0 saturated heterocycles. The molecule has 0 aliphatic carbocycles. The number of carbonyl (C=O) groups is 2. The topological polar surface area (TPSA) is 99.6 Å². The summed E-state index contributed by atoms with van der Waals surface area (Å²) in [5.74, 6) is -3.42. The highest BCUT2D eigenvalue weighted by Gasteiger charge is 2.27. The van der Waals surface area contributed by atoms with Gasteiger partial charge in [-0.3, -0.25) is 4.79 Å². The summed E-state index contributed by atoms with van der Waals surface area (Å²) in [6, 6.07) is 8.61. The van der Waals surface area contributed by atoms with Crippen LogP contribution in [-0.2, 0) is 11.2 Å². The maximum absolute atomic E-state index is 14.6. The molecule has 1 aromatic heterocycles. The highest BCUT2D eigenvalue weighted by molar-refractivity contribution is 6.14. The first kappa shape index (κ1) is 23.3. The summed E-state index contributed by atoms with van der Waals surface area (Å²) in [5, 5.41) is 18.2. The van der Waals surface area contributed by atoms with Crippen molar-refractivity contribution < 1.29 is 33.3 Å². The van der Waals surface area contributed by atoms with Gasteiger partial charge >= 0.3 is 5.97 Å². The smallest absolute Gasteiger partial charge is 0.337 e. The van der Waals surface area contributed by atoms with E-state index in [-0.39, 0.29) is 46.7 Å². The second-order valence-electron chi connectivity index (χ2n) is 7.25. The number of H-pyrrole nitrogens is 1. The Morgan fingerprint density at radius 1 is 1.00 bits per heavy atom. The number of carboxylic acid groups (broad SMARTS) is 1. The Morgan fingerprint density at radius 2 is 1.69 bits per heavy atom. The number of hydrogen-bond acceptors (Lipinski definition) is 4. The van der Waals surface area contributed by atoms with E-state index in [9.17, 15) is 23.5 Å². The van der Waals surface area contributed by atoms with Crippen molar-refractivity contribution >= 4 is 11.8 Å². The summed E-state index contributed by atoms with van der Waals surface area (Å²) >= 11 is 0. The van der Waals surface area contributed by atoms with Crippen LogP contribution >= 0.6 is 0 Å². The molecule has 1 heterocycles. The Morgan fingerprint density at radius 3 is 2.34 bits per heavy atom. The molecular formula is C24H23F2NO5. The Kier molecular flexibility index (Phi) is 7.50. The zero-order valence-electron chi connectivity index (χ0n) is 17.5. The van der Waals surface area contributed by atoms with Gasteiger partial charge in [-0.25, -0.2) is 13.6 Å². The molecule has 0 unspecified atom stereocenters. The number of aromatic nitrogens is 1. The molecule has 168 valence electrons. The van der Waals surface area contributed by atoms with Crippen LogP contribution in [0.3, 0.4) is 0 Å². The Balaban J connectivity index is 1.92. The summed E-state index contributed by atoms with van der Waals surface area (Å²) in [6.45, 7) is 2.10. The van der Waals surface area contributed by atoms with E-state index >= 15 is 0 Å². The van der Waals surface area contributed by atoms with Crippen LogP contribution in [0.2, 0.25) is 0 Å². The Labute approximate surface area is 183 Å². The summed E-state index contributed by atoms with van der Waals surface area (Å²) in [5.41, 5.74) is 0.285. The van der Waals surface area contributed by atoms with Crippen molar-refractivity contribution in [3.8, 4) is 11.1 Å². The fourth-order valence-electron chi connectivity index (χ4n) is 3.50. The number of benzene rings is 2. The van der Waals surface area contributed by atoms with E-state index < -0.39 is 23.4 Å². The molecule has 0 spiro atoms. The lowest BCUT2D eigenvalue weighted by Gasteiger charge is -2.11. The number of nitrogens with one attached hydrogen (secondary N) is 1. The summed E-state index contributed by atoms with van der Waals surface area (Å²) in [7, 11) is 0. The van der Waals surface area contributed by atoms with Crippen molar-refractivity contribution in [1.82, 2.24) is 4.98 Å². The maximum Gasteiger partial charge on any atom is 0.337 e. The Hall–Kier alpha value is -3.36. The average molecular weight is 443 g/mol. The van der Waals surface area contributed by atoms with E-state index in [4.69, 9.17) is 9.84 Å². The van der Waals surface area contributed by atoms with Gasteiger partial charge in [-0.2, -0.15) is 0 Å². The van der Waals surface area contributed by atoms with E-state index in [1.54, 1.807) is 24.3 Å². The molecule has 0 aliphatic heterocycles. The fourth-order valence-corrected chi connectivity index (χ4v) is 3.50. The average Bonchev–Trinajstić information content (AvgIpc) is 3.21.